The second-order valence-electron chi connectivity index (χ2n) is 2.83. The lowest BCUT2D eigenvalue weighted by molar-refractivity contribution is -0.145. The summed E-state index contributed by atoms with van der Waals surface area (Å²) in [6.45, 7) is 0.144. The van der Waals surface area contributed by atoms with Crippen molar-refractivity contribution in [2.24, 2.45) is 0 Å². The number of aldehydes is 1. The van der Waals surface area contributed by atoms with Crippen molar-refractivity contribution in [3.8, 4) is 0 Å². The lowest BCUT2D eigenvalue weighted by atomic mass is 10.3. The van der Waals surface area contributed by atoms with Gasteiger partial charge in [0.1, 0.15) is 12.9 Å². The second-order valence-corrected chi connectivity index (χ2v) is 3.75. The highest BCUT2D eigenvalue weighted by Gasteiger charge is 2.03. The quantitative estimate of drug-likeness (QED) is 0.606. The Balaban J connectivity index is 2.33. The summed E-state index contributed by atoms with van der Waals surface area (Å²) in [7, 11) is 0. The van der Waals surface area contributed by atoms with Crippen molar-refractivity contribution in [3.63, 3.8) is 0 Å². The Morgan fingerprint density at radius 3 is 2.93 bits per heavy atom. The Morgan fingerprint density at radius 2 is 2.33 bits per heavy atom. The highest BCUT2D eigenvalue weighted by Crippen LogP contribution is 2.08. The summed E-state index contributed by atoms with van der Waals surface area (Å²) in [6, 6.07) is 3.58. The van der Waals surface area contributed by atoms with Crippen molar-refractivity contribution in [1.29, 1.82) is 0 Å². The first-order valence-corrected chi connectivity index (χ1v) is 5.21. The molecular formula is C10H10BrNO3. The van der Waals surface area contributed by atoms with Crippen LogP contribution in [0.1, 0.15) is 18.5 Å². The molecule has 80 valence electrons. The molecule has 0 saturated carbocycles. The van der Waals surface area contributed by atoms with Crippen molar-refractivity contribution in [2.75, 3.05) is 0 Å². The summed E-state index contributed by atoms with van der Waals surface area (Å²) >= 11 is 3.25. The van der Waals surface area contributed by atoms with Gasteiger partial charge in [0.15, 0.2) is 0 Å². The molecule has 4 nitrogen and oxygen atoms in total. The number of hydrogen-bond acceptors (Lipinski definition) is 4. The van der Waals surface area contributed by atoms with Crippen LogP contribution in [0.15, 0.2) is 22.8 Å². The van der Waals surface area contributed by atoms with Gasteiger partial charge in [0.05, 0.1) is 12.1 Å². The molecule has 1 rings (SSSR count). The molecule has 0 fully saturated rings. The Kier molecular flexibility index (Phi) is 4.97. The van der Waals surface area contributed by atoms with Crippen LogP contribution in [0.25, 0.3) is 0 Å². The van der Waals surface area contributed by atoms with Crippen molar-refractivity contribution >= 4 is 28.2 Å². The van der Waals surface area contributed by atoms with Crippen LogP contribution in [-0.2, 0) is 20.9 Å². The molecule has 1 aromatic heterocycles. The minimum Gasteiger partial charge on any atom is -0.459 e. The lowest BCUT2D eigenvalue weighted by Crippen LogP contribution is -2.05. The van der Waals surface area contributed by atoms with Gasteiger partial charge in [0.25, 0.3) is 0 Å². The molecule has 1 aromatic rings. The Bertz CT molecular complexity index is 337. The van der Waals surface area contributed by atoms with Gasteiger partial charge in [-0.05, 0) is 28.1 Å². The molecular weight excluding hydrogens is 262 g/mol. The van der Waals surface area contributed by atoms with Gasteiger partial charge < -0.3 is 9.53 Å². The highest BCUT2D eigenvalue weighted by molar-refractivity contribution is 9.10. The van der Waals surface area contributed by atoms with Gasteiger partial charge >= 0.3 is 5.97 Å². The monoisotopic (exact) mass is 271 g/mol. The number of pyridine rings is 1. The van der Waals surface area contributed by atoms with E-state index in [-0.39, 0.29) is 25.4 Å². The Hall–Kier alpha value is -1.23. The van der Waals surface area contributed by atoms with Crippen LogP contribution >= 0.6 is 15.9 Å². The molecule has 0 radical (unpaired) electrons. The number of esters is 1. The zero-order valence-corrected chi connectivity index (χ0v) is 9.57. The molecule has 0 saturated heterocycles. The molecule has 1 heterocycles. The van der Waals surface area contributed by atoms with E-state index in [1.165, 1.54) is 0 Å². The van der Waals surface area contributed by atoms with Gasteiger partial charge in [0.2, 0.25) is 0 Å². The third kappa shape index (κ3) is 4.69. The van der Waals surface area contributed by atoms with E-state index in [4.69, 9.17) is 4.74 Å². The Morgan fingerprint density at radius 1 is 1.53 bits per heavy atom. The molecule has 5 heteroatoms. The van der Waals surface area contributed by atoms with E-state index >= 15 is 0 Å². The van der Waals surface area contributed by atoms with Crippen LogP contribution in [-0.4, -0.2) is 17.2 Å². The van der Waals surface area contributed by atoms with Crippen molar-refractivity contribution in [3.05, 3.63) is 28.5 Å². The molecule has 0 N–H and O–H groups in total. The van der Waals surface area contributed by atoms with Crippen LogP contribution in [0.4, 0.5) is 0 Å². The number of hydrogen-bond donors (Lipinski definition) is 0. The standard InChI is InChI=1S/C10H10BrNO3/c11-8-3-4-9(12-6-8)7-15-10(14)2-1-5-13/h3-6H,1-2,7H2. The normalized spacial score (nSPS) is 9.67. The molecule has 0 unspecified atom stereocenters. The number of halogens is 1. The van der Waals surface area contributed by atoms with Crippen molar-refractivity contribution in [1.82, 2.24) is 4.98 Å². The third-order valence-corrected chi connectivity index (χ3v) is 2.11. The maximum atomic E-state index is 11.0. The van der Waals surface area contributed by atoms with Crippen molar-refractivity contribution in [2.45, 2.75) is 19.4 Å². The summed E-state index contributed by atoms with van der Waals surface area (Å²) < 4.78 is 5.77. The number of carbonyl (C=O) groups is 2. The van der Waals surface area contributed by atoms with Crippen LogP contribution in [0.3, 0.4) is 0 Å². The predicted octanol–water partition coefficient (Wildman–Crippen LogP) is 1.87. The van der Waals surface area contributed by atoms with E-state index in [1.807, 2.05) is 6.07 Å². The van der Waals surface area contributed by atoms with Crippen LogP contribution in [0.5, 0.6) is 0 Å². The molecule has 0 aliphatic rings. The van der Waals surface area contributed by atoms with Gasteiger partial charge in [-0.15, -0.1) is 0 Å². The average Bonchev–Trinajstić information content (AvgIpc) is 2.25. The van der Waals surface area contributed by atoms with E-state index in [1.54, 1.807) is 12.3 Å². The fraction of sp³-hybridized carbons (Fsp3) is 0.300. The van der Waals surface area contributed by atoms with Crippen molar-refractivity contribution < 1.29 is 14.3 Å². The predicted molar refractivity (Wildman–Crippen MR) is 57.0 cm³/mol. The highest BCUT2D eigenvalue weighted by atomic mass is 79.9. The maximum absolute atomic E-state index is 11.0. The average molecular weight is 272 g/mol. The lowest BCUT2D eigenvalue weighted by Gasteiger charge is -2.02. The molecule has 0 bridgehead atoms. The summed E-state index contributed by atoms with van der Waals surface area (Å²) in [5.41, 5.74) is 0.678. The molecule has 0 spiro atoms. The van der Waals surface area contributed by atoms with Crippen LogP contribution in [0, 0.1) is 0 Å². The summed E-state index contributed by atoms with van der Waals surface area (Å²) in [5, 5.41) is 0. The summed E-state index contributed by atoms with van der Waals surface area (Å²) in [4.78, 5) is 25.1. The minimum atomic E-state index is -0.383. The summed E-state index contributed by atoms with van der Waals surface area (Å²) in [6.07, 6.45) is 2.65. The van der Waals surface area contributed by atoms with Crippen LogP contribution in [0.2, 0.25) is 0 Å². The molecule has 0 aliphatic heterocycles. The first kappa shape index (κ1) is 11.8. The fourth-order valence-electron chi connectivity index (χ4n) is 0.895. The Labute approximate surface area is 95.8 Å². The molecule has 0 aliphatic carbocycles. The van der Waals surface area contributed by atoms with Crippen LogP contribution < -0.4 is 0 Å². The second kappa shape index (κ2) is 6.29. The van der Waals surface area contributed by atoms with Gasteiger partial charge in [0, 0.05) is 17.1 Å². The summed E-state index contributed by atoms with van der Waals surface area (Å²) in [5.74, 6) is -0.383. The number of carbonyl (C=O) groups excluding carboxylic acids is 2. The molecule has 0 atom stereocenters. The zero-order chi connectivity index (χ0) is 11.1. The SMILES string of the molecule is O=CCCC(=O)OCc1ccc(Br)cn1. The number of ether oxygens (including phenoxy) is 1. The smallest absolute Gasteiger partial charge is 0.306 e. The van der Waals surface area contributed by atoms with E-state index in [0.29, 0.717) is 12.0 Å². The van der Waals surface area contributed by atoms with E-state index in [9.17, 15) is 9.59 Å². The number of aromatic nitrogens is 1. The largest absolute Gasteiger partial charge is 0.459 e. The zero-order valence-electron chi connectivity index (χ0n) is 7.98. The van der Waals surface area contributed by atoms with E-state index in [0.717, 1.165) is 4.47 Å². The molecule has 15 heavy (non-hydrogen) atoms. The van der Waals surface area contributed by atoms with E-state index in [2.05, 4.69) is 20.9 Å². The first-order chi connectivity index (χ1) is 7.22. The van der Waals surface area contributed by atoms with Gasteiger partial charge in [-0.25, -0.2) is 0 Å². The number of rotatable bonds is 5. The van der Waals surface area contributed by atoms with Gasteiger partial charge in [-0.3, -0.25) is 9.78 Å². The number of nitrogens with zero attached hydrogens (tertiary/aromatic N) is 1. The van der Waals surface area contributed by atoms with Gasteiger partial charge in [-0.1, -0.05) is 0 Å². The van der Waals surface area contributed by atoms with Gasteiger partial charge in [-0.2, -0.15) is 0 Å². The topological polar surface area (TPSA) is 56.3 Å². The fourth-order valence-corrected chi connectivity index (χ4v) is 1.13. The molecule has 0 aromatic carbocycles. The maximum Gasteiger partial charge on any atom is 0.306 e. The molecule has 0 amide bonds. The first-order valence-electron chi connectivity index (χ1n) is 4.42. The minimum absolute atomic E-state index is 0.125. The third-order valence-electron chi connectivity index (χ3n) is 1.64. The van der Waals surface area contributed by atoms with E-state index < -0.39 is 0 Å².